The minimum atomic E-state index is -0.150. The van der Waals surface area contributed by atoms with Crippen LogP contribution in [-0.4, -0.2) is 6.73 Å². The average Bonchev–Trinajstić information content (AvgIpc) is 3.15. The van der Waals surface area contributed by atoms with Crippen LogP contribution in [0.2, 0.25) is 0 Å². The molecule has 2 aliphatic carbocycles. The number of nitrogens with zero attached hydrogens (tertiary/aromatic N) is 3. The van der Waals surface area contributed by atoms with Crippen molar-refractivity contribution >= 4 is 10.8 Å². The Hall–Kier alpha value is -3.99. The quantitative estimate of drug-likeness (QED) is 0.124. The summed E-state index contributed by atoms with van der Waals surface area (Å²) in [5.41, 5.74) is 16.0. The Morgan fingerprint density at radius 1 is 0.795 bits per heavy atom. The molecule has 198 valence electrons. The molecule has 6 nitrogen and oxygen atoms in total. The molecule has 6 heteroatoms. The van der Waals surface area contributed by atoms with E-state index in [9.17, 15) is 0 Å². The van der Waals surface area contributed by atoms with Crippen molar-refractivity contribution in [3.8, 4) is 33.8 Å². The van der Waals surface area contributed by atoms with Crippen LogP contribution in [0, 0.1) is 10.8 Å². The lowest BCUT2D eigenvalue weighted by Crippen LogP contribution is -2.43. The molecule has 6 rings (SSSR count). The van der Waals surface area contributed by atoms with Crippen molar-refractivity contribution in [2.24, 2.45) is 21.8 Å². The molecule has 1 fully saturated rings. The first-order chi connectivity index (χ1) is 18.7. The third-order valence-electron chi connectivity index (χ3n) is 8.50. The topological polar surface area (TPSA) is 93.2 Å². The zero-order valence-corrected chi connectivity index (χ0v) is 23.0. The summed E-state index contributed by atoms with van der Waals surface area (Å²) < 4.78 is 6.07. The number of fused-ring (bicyclic) bond motifs is 7. The van der Waals surface area contributed by atoms with E-state index in [0.29, 0.717) is 11.5 Å². The number of nitrogens with two attached hydrogens (primary N) is 1. The molecule has 0 amide bonds. The first-order valence-corrected chi connectivity index (χ1v) is 13.5. The number of ether oxygens (including phenoxy) is 1. The second-order valence-corrected chi connectivity index (χ2v) is 12.7. The molecule has 0 aliphatic heterocycles. The van der Waals surface area contributed by atoms with Gasteiger partial charge in [0.1, 0.15) is 5.75 Å². The Morgan fingerprint density at radius 3 is 2.18 bits per heavy atom. The van der Waals surface area contributed by atoms with Gasteiger partial charge in [0.05, 0.1) is 0 Å². The molecule has 0 aromatic heterocycles. The summed E-state index contributed by atoms with van der Waals surface area (Å²) in [7, 11) is 0. The van der Waals surface area contributed by atoms with Crippen LogP contribution < -0.4 is 15.5 Å². The predicted octanol–water partition coefficient (Wildman–Crippen LogP) is 8.91. The van der Waals surface area contributed by atoms with E-state index in [4.69, 9.17) is 21.0 Å². The molecule has 1 spiro atoms. The van der Waals surface area contributed by atoms with E-state index in [1.54, 1.807) is 0 Å². The van der Waals surface area contributed by atoms with Gasteiger partial charge in [-0.3, -0.25) is 0 Å². The summed E-state index contributed by atoms with van der Waals surface area (Å²) in [6, 6.07) is 25.2. The van der Waals surface area contributed by atoms with Crippen molar-refractivity contribution in [2.45, 2.75) is 52.4 Å². The molecule has 0 radical (unpaired) electrons. The number of rotatable bonds is 5. The first-order valence-electron chi connectivity index (χ1n) is 13.5. The largest absolute Gasteiger partial charge is 0.487 e. The molecule has 0 bridgehead atoms. The van der Waals surface area contributed by atoms with Gasteiger partial charge in [-0.25, -0.2) is 0 Å². The van der Waals surface area contributed by atoms with Gasteiger partial charge in [0.15, 0.2) is 12.5 Å². The lowest BCUT2D eigenvalue weighted by Gasteiger charge is -2.51. The number of benzene rings is 4. The summed E-state index contributed by atoms with van der Waals surface area (Å²) >= 11 is 0. The molecular formula is C33H34N4O2. The van der Waals surface area contributed by atoms with Gasteiger partial charge in [-0.2, -0.15) is 5.90 Å². The van der Waals surface area contributed by atoms with E-state index in [2.05, 4.69) is 80.2 Å². The molecule has 0 saturated heterocycles. The van der Waals surface area contributed by atoms with Crippen molar-refractivity contribution in [2.75, 3.05) is 6.73 Å². The maximum absolute atomic E-state index is 8.88. The van der Waals surface area contributed by atoms with Crippen molar-refractivity contribution in [1.82, 2.24) is 0 Å². The highest BCUT2D eigenvalue weighted by molar-refractivity contribution is 6.07. The Bertz CT molecular complexity index is 1620. The van der Waals surface area contributed by atoms with Crippen LogP contribution in [0.5, 0.6) is 11.5 Å². The Morgan fingerprint density at radius 2 is 1.49 bits per heavy atom. The Balaban J connectivity index is 1.69. The summed E-state index contributed by atoms with van der Waals surface area (Å²) in [5, 5.41) is 5.58. The molecule has 0 heterocycles. The normalized spacial score (nSPS) is 17.8. The monoisotopic (exact) mass is 518 g/mol. The minimum Gasteiger partial charge on any atom is -0.487 e. The van der Waals surface area contributed by atoms with Crippen LogP contribution in [0.15, 0.2) is 77.9 Å². The van der Waals surface area contributed by atoms with Crippen molar-refractivity contribution in [3.63, 3.8) is 0 Å². The van der Waals surface area contributed by atoms with Crippen LogP contribution in [0.25, 0.3) is 43.5 Å². The van der Waals surface area contributed by atoms with Crippen LogP contribution in [0.3, 0.4) is 0 Å². The number of hydrogen-bond donors (Lipinski definition) is 1. The second kappa shape index (κ2) is 9.04. The van der Waals surface area contributed by atoms with Gasteiger partial charge in [0.2, 0.25) is 0 Å². The zero-order valence-electron chi connectivity index (χ0n) is 23.0. The highest BCUT2D eigenvalue weighted by Gasteiger charge is 2.53. The van der Waals surface area contributed by atoms with Gasteiger partial charge >= 0.3 is 0 Å². The summed E-state index contributed by atoms with van der Waals surface area (Å²) in [6.07, 6.45) is 3.27. The fraction of sp³-hybridized carbons (Fsp3) is 0.333. The third-order valence-corrected chi connectivity index (χ3v) is 8.50. The SMILES string of the molecule is CC1(C)CC(C)(C)CC2(C1)c1ccccc1-c1c2cc(ON)c2cc(-c3ccccc3)c(OCN=[N+]=[N-])cc12. The fourth-order valence-electron chi connectivity index (χ4n) is 8.03. The van der Waals surface area contributed by atoms with Gasteiger partial charge in [0, 0.05) is 21.3 Å². The Labute approximate surface area is 229 Å². The fourth-order valence-corrected chi connectivity index (χ4v) is 8.03. The molecule has 39 heavy (non-hydrogen) atoms. The molecule has 2 N–H and O–H groups in total. The van der Waals surface area contributed by atoms with Crippen LogP contribution in [0.4, 0.5) is 0 Å². The van der Waals surface area contributed by atoms with Crippen LogP contribution >= 0.6 is 0 Å². The first kappa shape index (κ1) is 25.3. The van der Waals surface area contributed by atoms with Gasteiger partial charge < -0.3 is 9.57 Å². The maximum Gasteiger partial charge on any atom is 0.167 e. The van der Waals surface area contributed by atoms with Gasteiger partial charge in [-0.05, 0) is 87.0 Å². The van der Waals surface area contributed by atoms with E-state index < -0.39 is 0 Å². The van der Waals surface area contributed by atoms with Gasteiger partial charge in [-0.15, -0.1) is 0 Å². The molecule has 4 aromatic carbocycles. The van der Waals surface area contributed by atoms with E-state index in [1.165, 1.54) is 28.7 Å². The summed E-state index contributed by atoms with van der Waals surface area (Å²) in [5.74, 6) is 7.28. The highest BCUT2D eigenvalue weighted by atomic mass is 16.6. The van der Waals surface area contributed by atoms with Crippen molar-refractivity contribution in [3.05, 3.63) is 94.4 Å². The smallest absolute Gasteiger partial charge is 0.167 e. The second-order valence-electron chi connectivity index (χ2n) is 12.7. The maximum atomic E-state index is 8.88. The van der Waals surface area contributed by atoms with Gasteiger partial charge in [0.25, 0.3) is 0 Å². The molecule has 0 unspecified atom stereocenters. The highest BCUT2D eigenvalue weighted by Crippen LogP contribution is 2.65. The standard InChI is InChI=1S/C33H34N4O2/c1-31(2)17-32(3,4)19-33(18-31)26-13-9-8-12-22(26)30-25-15-28(38-20-36-37-34)23(21-10-6-5-7-11-21)14-24(25)29(39-35)16-27(30)33/h5-16H,17-20,35H2,1-4H3. The van der Waals surface area contributed by atoms with Crippen LogP contribution in [-0.2, 0) is 5.41 Å². The number of hydrogen-bond acceptors (Lipinski definition) is 4. The molecule has 1 saturated carbocycles. The Kier molecular flexibility index (Phi) is 5.87. The van der Waals surface area contributed by atoms with E-state index in [-0.39, 0.29) is 23.0 Å². The molecule has 4 aromatic rings. The summed E-state index contributed by atoms with van der Waals surface area (Å²) in [4.78, 5) is 8.49. The molecular weight excluding hydrogens is 484 g/mol. The van der Waals surface area contributed by atoms with Gasteiger partial charge in [-0.1, -0.05) is 87.4 Å². The van der Waals surface area contributed by atoms with Crippen LogP contribution in [0.1, 0.15) is 58.1 Å². The average molecular weight is 519 g/mol. The van der Waals surface area contributed by atoms with Crippen molar-refractivity contribution in [1.29, 1.82) is 0 Å². The molecule has 0 atom stereocenters. The van der Waals surface area contributed by atoms with E-state index in [1.807, 2.05) is 30.3 Å². The lowest BCUT2D eigenvalue weighted by atomic mass is 9.52. The predicted molar refractivity (Wildman–Crippen MR) is 156 cm³/mol. The number of azide groups is 1. The molecule has 2 aliphatic rings. The summed E-state index contributed by atoms with van der Waals surface area (Å²) in [6.45, 7) is 9.48. The van der Waals surface area contributed by atoms with E-state index >= 15 is 0 Å². The lowest BCUT2D eigenvalue weighted by molar-refractivity contribution is 0.0645. The zero-order chi connectivity index (χ0) is 27.4. The van der Waals surface area contributed by atoms with Crippen molar-refractivity contribution < 1.29 is 9.57 Å². The van der Waals surface area contributed by atoms with E-state index in [0.717, 1.165) is 34.7 Å². The minimum absolute atomic E-state index is 0.0972. The third kappa shape index (κ3) is 4.12.